The number of allylic oxidation sites excluding steroid dienone is 1. The molecule has 0 radical (unpaired) electrons. The second-order valence-electron chi connectivity index (χ2n) is 3.02. The Kier molecular flexibility index (Phi) is 2.53. The molecule has 1 aromatic carbocycles. The van der Waals surface area contributed by atoms with Crippen molar-refractivity contribution in [2.75, 3.05) is 0 Å². The molecule has 0 spiro atoms. The fraction of sp³-hybridized carbons (Fsp3) is 0.182. The zero-order chi connectivity index (χ0) is 9.26. The molecule has 0 aliphatic rings. The molecule has 1 nitrogen and oxygen atoms in total. The summed E-state index contributed by atoms with van der Waals surface area (Å²) in [6.45, 7) is 3.80. The summed E-state index contributed by atoms with van der Waals surface area (Å²) in [6.07, 6.45) is 2.99. The second kappa shape index (κ2) is 3.65. The Morgan fingerprint density at radius 2 is 2.23 bits per heavy atom. The first-order valence-electron chi connectivity index (χ1n) is 4.30. The molecule has 0 amide bonds. The van der Waals surface area contributed by atoms with E-state index < -0.39 is 0 Å². The average Bonchev–Trinajstić information content (AvgIpc) is 2.44. The normalized spacial score (nSPS) is 10.5. The van der Waals surface area contributed by atoms with Crippen molar-refractivity contribution >= 4 is 29.5 Å². The number of benzene rings is 1. The fourth-order valence-electron chi connectivity index (χ4n) is 1.53. The van der Waals surface area contributed by atoms with E-state index in [9.17, 15) is 0 Å². The fourth-order valence-corrected chi connectivity index (χ4v) is 4.39. The summed E-state index contributed by atoms with van der Waals surface area (Å²) in [5.41, 5.74) is 1.45. The molecule has 66 valence electrons. The van der Waals surface area contributed by atoms with E-state index in [1.807, 2.05) is 6.08 Å². The van der Waals surface area contributed by atoms with Gasteiger partial charge in [0.2, 0.25) is 0 Å². The van der Waals surface area contributed by atoms with Crippen molar-refractivity contribution in [1.29, 1.82) is 0 Å². The summed E-state index contributed by atoms with van der Waals surface area (Å²) >= 11 is -0.124. The van der Waals surface area contributed by atoms with Gasteiger partial charge in [0.05, 0.1) is 0 Å². The van der Waals surface area contributed by atoms with E-state index in [2.05, 4.69) is 40.7 Å². The molecule has 1 heterocycles. The zero-order valence-electron chi connectivity index (χ0n) is 7.66. The number of fused-ring (bicyclic) bond motifs is 1. The molecule has 1 aromatic heterocycles. The van der Waals surface area contributed by atoms with Crippen LogP contribution in [0.2, 0.25) is 0 Å². The monoisotopic (exact) mass is 288 g/mol. The predicted octanol–water partition coefficient (Wildman–Crippen LogP) is 1.45. The first-order chi connectivity index (χ1) is 6.33. The number of aryl methyl sites for hydroxylation is 1. The van der Waals surface area contributed by atoms with Crippen LogP contribution in [-0.4, -0.2) is 20.7 Å². The minimum absolute atomic E-state index is 0.124. The van der Waals surface area contributed by atoms with Gasteiger partial charge < -0.3 is 0 Å². The van der Waals surface area contributed by atoms with Crippen LogP contribution in [0.1, 0.15) is 5.69 Å². The Morgan fingerprint density at radius 1 is 1.46 bits per heavy atom. The molecular formula is C11H12NTe+. The molecule has 2 aromatic rings. The number of hydrogen-bond acceptors (Lipinski definition) is 0. The molecule has 0 unspecified atom stereocenters. The van der Waals surface area contributed by atoms with Crippen molar-refractivity contribution in [3.8, 4) is 0 Å². The van der Waals surface area contributed by atoms with Crippen molar-refractivity contribution in [3.63, 3.8) is 0 Å². The number of rotatable bonds is 2. The SMILES string of the molecule is C=CCc1c2ccccc2[te][n+]1C. The molecular weight excluding hydrogens is 274 g/mol. The van der Waals surface area contributed by atoms with E-state index >= 15 is 0 Å². The molecule has 0 saturated carbocycles. The summed E-state index contributed by atoms with van der Waals surface area (Å²) in [7, 11) is 2.20. The van der Waals surface area contributed by atoms with Crippen LogP contribution in [0.15, 0.2) is 36.9 Å². The predicted molar refractivity (Wildman–Crippen MR) is 56.0 cm³/mol. The van der Waals surface area contributed by atoms with Crippen molar-refractivity contribution < 1.29 is 2.79 Å². The van der Waals surface area contributed by atoms with Gasteiger partial charge in [-0.1, -0.05) is 0 Å². The van der Waals surface area contributed by atoms with Gasteiger partial charge in [0.15, 0.2) is 0 Å². The van der Waals surface area contributed by atoms with Crippen molar-refractivity contribution in [2.24, 2.45) is 7.05 Å². The summed E-state index contributed by atoms with van der Waals surface area (Å²) in [5, 5.41) is 1.45. The van der Waals surface area contributed by atoms with Gasteiger partial charge in [0, 0.05) is 0 Å². The first kappa shape index (κ1) is 8.99. The van der Waals surface area contributed by atoms with E-state index in [1.54, 1.807) is 3.40 Å². The molecule has 0 aliphatic carbocycles. The Bertz CT molecular complexity index is 442. The van der Waals surface area contributed by atoms with Crippen LogP contribution in [0.5, 0.6) is 0 Å². The van der Waals surface area contributed by atoms with Crippen molar-refractivity contribution in [1.82, 2.24) is 0 Å². The Labute approximate surface area is 88.3 Å². The van der Waals surface area contributed by atoms with Crippen LogP contribution in [0.3, 0.4) is 0 Å². The number of nitrogens with zero attached hydrogens (tertiary/aromatic N) is 1. The molecule has 0 aliphatic heterocycles. The molecule has 2 heteroatoms. The third kappa shape index (κ3) is 1.57. The molecule has 0 saturated heterocycles. The van der Waals surface area contributed by atoms with Crippen LogP contribution in [0.25, 0.3) is 8.79 Å². The van der Waals surface area contributed by atoms with E-state index in [-0.39, 0.29) is 20.7 Å². The van der Waals surface area contributed by atoms with Crippen LogP contribution in [0, 0.1) is 0 Å². The quantitative estimate of drug-likeness (QED) is 0.581. The maximum atomic E-state index is 3.80. The summed E-state index contributed by atoms with van der Waals surface area (Å²) in [6, 6.07) is 8.73. The van der Waals surface area contributed by atoms with E-state index in [4.69, 9.17) is 0 Å². The van der Waals surface area contributed by atoms with Crippen LogP contribution in [0.4, 0.5) is 0 Å². The summed E-state index contributed by atoms with van der Waals surface area (Å²) in [4.78, 5) is 0. The van der Waals surface area contributed by atoms with Gasteiger partial charge in [-0.3, -0.25) is 0 Å². The van der Waals surface area contributed by atoms with Gasteiger partial charge in [-0.15, -0.1) is 0 Å². The summed E-state index contributed by atoms with van der Waals surface area (Å²) < 4.78 is 3.99. The van der Waals surface area contributed by atoms with Gasteiger partial charge in [-0.05, 0) is 0 Å². The molecule has 2 rings (SSSR count). The van der Waals surface area contributed by atoms with Gasteiger partial charge in [-0.25, -0.2) is 0 Å². The maximum absolute atomic E-state index is 3.80. The second-order valence-corrected chi connectivity index (χ2v) is 6.36. The number of aromatic nitrogens is 1. The Morgan fingerprint density at radius 3 is 3.00 bits per heavy atom. The third-order valence-electron chi connectivity index (χ3n) is 2.15. The summed E-state index contributed by atoms with van der Waals surface area (Å²) in [5.74, 6) is 0. The topological polar surface area (TPSA) is 3.88 Å². The molecule has 0 atom stereocenters. The van der Waals surface area contributed by atoms with E-state index in [0.29, 0.717) is 0 Å². The standard InChI is InChI=1S/C11H12NTe/c1-3-6-10-9-7-4-5-8-11(9)13-12(10)2/h3-5,7-8H,1,6H2,2H3/q+1. The minimum atomic E-state index is -0.124. The van der Waals surface area contributed by atoms with E-state index in [0.717, 1.165) is 6.42 Å². The van der Waals surface area contributed by atoms with Gasteiger partial charge >= 0.3 is 88.4 Å². The Balaban J connectivity index is 2.70. The van der Waals surface area contributed by atoms with Gasteiger partial charge in [0.25, 0.3) is 0 Å². The molecule has 0 bridgehead atoms. The van der Waals surface area contributed by atoms with Crippen LogP contribution in [-0.2, 0) is 13.5 Å². The number of hydrogen-bond donors (Lipinski definition) is 0. The van der Waals surface area contributed by atoms with Crippen molar-refractivity contribution in [3.05, 3.63) is 42.6 Å². The third-order valence-corrected chi connectivity index (χ3v) is 5.14. The Hall–Kier alpha value is -0.580. The zero-order valence-corrected chi connectivity index (χ0v) is 9.99. The van der Waals surface area contributed by atoms with Gasteiger partial charge in [0.1, 0.15) is 0 Å². The van der Waals surface area contributed by atoms with E-state index in [1.165, 1.54) is 11.1 Å². The van der Waals surface area contributed by atoms with Gasteiger partial charge in [-0.2, -0.15) is 0 Å². The first-order valence-corrected chi connectivity index (χ1v) is 6.51. The van der Waals surface area contributed by atoms with Crippen LogP contribution < -0.4 is 2.79 Å². The molecule has 13 heavy (non-hydrogen) atoms. The molecule has 0 N–H and O–H groups in total. The molecule has 0 fully saturated rings. The van der Waals surface area contributed by atoms with Crippen LogP contribution >= 0.6 is 0 Å². The van der Waals surface area contributed by atoms with Crippen molar-refractivity contribution in [2.45, 2.75) is 6.42 Å². The average molecular weight is 286 g/mol.